The molecule has 29 heavy (non-hydrogen) atoms. The highest BCUT2D eigenvalue weighted by Crippen LogP contribution is 2.37. The predicted octanol–water partition coefficient (Wildman–Crippen LogP) is 1.72. The van der Waals surface area contributed by atoms with Crippen LogP contribution in [0.15, 0.2) is 24.3 Å². The highest BCUT2D eigenvalue weighted by atomic mass is 16.5. The number of carbonyl (C=O) groups is 2. The molecular weight excluding hydrogens is 368 g/mol. The lowest BCUT2D eigenvalue weighted by Crippen LogP contribution is -2.54. The van der Waals surface area contributed by atoms with Crippen LogP contribution in [0.2, 0.25) is 0 Å². The number of nitrogens with one attached hydrogen (secondary N) is 2. The summed E-state index contributed by atoms with van der Waals surface area (Å²) in [4.78, 5) is 26.6. The zero-order valence-electron chi connectivity index (χ0n) is 17.5. The van der Waals surface area contributed by atoms with Crippen molar-refractivity contribution in [1.82, 2.24) is 20.1 Å². The van der Waals surface area contributed by atoms with Crippen molar-refractivity contribution in [2.24, 2.45) is 7.05 Å². The van der Waals surface area contributed by atoms with Gasteiger partial charge in [0, 0.05) is 48.7 Å². The van der Waals surface area contributed by atoms with Gasteiger partial charge in [0.25, 0.3) is 5.91 Å². The van der Waals surface area contributed by atoms with E-state index in [0.717, 1.165) is 43.3 Å². The van der Waals surface area contributed by atoms with E-state index in [1.54, 1.807) is 0 Å². The van der Waals surface area contributed by atoms with Crippen molar-refractivity contribution in [1.29, 1.82) is 0 Å². The number of nitrogens with zero attached hydrogens (tertiary/aromatic N) is 2. The van der Waals surface area contributed by atoms with Gasteiger partial charge in [-0.15, -0.1) is 0 Å². The van der Waals surface area contributed by atoms with Crippen molar-refractivity contribution < 1.29 is 14.3 Å². The first-order valence-electron chi connectivity index (χ1n) is 10.4. The van der Waals surface area contributed by atoms with Crippen LogP contribution in [0.4, 0.5) is 0 Å². The molecular formula is C22H30N4O3. The second kappa shape index (κ2) is 7.71. The van der Waals surface area contributed by atoms with Gasteiger partial charge < -0.3 is 24.8 Å². The van der Waals surface area contributed by atoms with Crippen molar-refractivity contribution in [2.45, 2.75) is 44.7 Å². The Morgan fingerprint density at radius 3 is 2.76 bits per heavy atom. The van der Waals surface area contributed by atoms with Crippen molar-refractivity contribution in [3.05, 3.63) is 30.0 Å². The van der Waals surface area contributed by atoms with E-state index in [4.69, 9.17) is 4.74 Å². The van der Waals surface area contributed by atoms with Crippen LogP contribution < -0.4 is 15.4 Å². The summed E-state index contributed by atoms with van der Waals surface area (Å²) in [6.45, 7) is 5.95. The SMILES string of the molecule is CC(=O)N[C@@H]1CN(C(=O)COc2ccc3c(c2)cc(C)n3C)C2(CCNCC2)C1. The summed E-state index contributed by atoms with van der Waals surface area (Å²) in [5, 5.41) is 7.49. The summed E-state index contributed by atoms with van der Waals surface area (Å²) >= 11 is 0. The molecule has 0 bridgehead atoms. The first-order valence-corrected chi connectivity index (χ1v) is 10.4. The van der Waals surface area contributed by atoms with Crippen LogP contribution in [0.1, 0.15) is 31.9 Å². The number of hydrogen-bond acceptors (Lipinski definition) is 4. The molecule has 2 saturated heterocycles. The van der Waals surface area contributed by atoms with Gasteiger partial charge in [0.05, 0.1) is 0 Å². The molecule has 0 unspecified atom stereocenters. The largest absolute Gasteiger partial charge is 0.484 e. The molecule has 7 heteroatoms. The van der Waals surface area contributed by atoms with Gasteiger partial charge in [-0.3, -0.25) is 9.59 Å². The van der Waals surface area contributed by atoms with Crippen LogP contribution >= 0.6 is 0 Å². The molecule has 1 aromatic carbocycles. The van der Waals surface area contributed by atoms with Gasteiger partial charge in [-0.25, -0.2) is 0 Å². The molecule has 156 valence electrons. The molecule has 1 atom stereocenters. The summed E-state index contributed by atoms with van der Waals surface area (Å²) in [5.41, 5.74) is 2.15. The maximum Gasteiger partial charge on any atom is 0.261 e. The Balaban J connectivity index is 1.46. The van der Waals surface area contributed by atoms with E-state index in [0.29, 0.717) is 12.3 Å². The number of piperidine rings is 1. The third-order valence-electron chi connectivity index (χ3n) is 6.46. The smallest absolute Gasteiger partial charge is 0.261 e. The van der Waals surface area contributed by atoms with Crippen LogP contribution in [0, 0.1) is 6.92 Å². The van der Waals surface area contributed by atoms with E-state index >= 15 is 0 Å². The first kappa shape index (κ1) is 19.8. The van der Waals surface area contributed by atoms with Crippen LogP contribution in [-0.4, -0.2) is 59.1 Å². The summed E-state index contributed by atoms with van der Waals surface area (Å²) in [6.07, 6.45) is 2.63. The molecule has 2 amide bonds. The number of aromatic nitrogens is 1. The van der Waals surface area contributed by atoms with Crippen molar-refractivity contribution in [3.63, 3.8) is 0 Å². The minimum absolute atomic E-state index is 0.0101. The minimum Gasteiger partial charge on any atom is -0.484 e. The van der Waals surface area contributed by atoms with Gasteiger partial charge in [0.2, 0.25) is 5.91 Å². The fraction of sp³-hybridized carbons (Fsp3) is 0.545. The van der Waals surface area contributed by atoms with Crippen LogP contribution in [0.3, 0.4) is 0 Å². The van der Waals surface area contributed by atoms with Gasteiger partial charge in [-0.05, 0) is 63.5 Å². The van der Waals surface area contributed by atoms with Crippen molar-refractivity contribution in [2.75, 3.05) is 26.2 Å². The van der Waals surface area contributed by atoms with Gasteiger partial charge >= 0.3 is 0 Å². The fourth-order valence-electron chi connectivity index (χ4n) is 4.94. The third kappa shape index (κ3) is 3.83. The molecule has 3 heterocycles. The standard InChI is InChI=1S/C22H30N4O3/c1-15-10-17-11-19(4-5-20(17)25(15)3)29-14-21(28)26-13-18(24-16(2)27)12-22(26)6-8-23-9-7-22/h4-5,10-11,18,23H,6-9,12-14H2,1-3H3,(H,24,27)/t18-/m0/s1. The lowest BCUT2D eigenvalue weighted by atomic mass is 9.85. The van der Waals surface area contributed by atoms with E-state index < -0.39 is 0 Å². The molecule has 7 nitrogen and oxygen atoms in total. The fourth-order valence-corrected chi connectivity index (χ4v) is 4.94. The van der Waals surface area contributed by atoms with Gasteiger partial charge in [-0.1, -0.05) is 0 Å². The van der Waals surface area contributed by atoms with E-state index in [-0.39, 0.29) is 30.0 Å². The number of aryl methyl sites for hydroxylation is 2. The number of benzene rings is 1. The molecule has 0 saturated carbocycles. The Kier molecular flexibility index (Phi) is 5.25. The Morgan fingerprint density at radius 2 is 2.03 bits per heavy atom. The van der Waals surface area contributed by atoms with E-state index in [2.05, 4.69) is 28.2 Å². The monoisotopic (exact) mass is 398 g/mol. The Morgan fingerprint density at radius 1 is 1.28 bits per heavy atom. The molecule has 2 aromatic rings. The maximum absolute atomic E-state index is 13.1. The zero-order chi connectivity index (χ0) is 20.6. The van der Waals surface area contributed by atoms with Gasteiger partial charge in [0.1, 0.15) is 5.75 Å². The molecule has 2 aliphatic rings. The van der Waals surface area contributed by atoms with E-state index in [1.807, 2.05) is 30.1 Å². The Bertz CT molecular complexity index is 930. The molecule has 1 spiro atoms. The summed E-state index contributed by atoms with van der Waals surface area (Å²) in [6, 6.07) is 8.06. The molecule has 2 N–H and O–H groups in total. The average Bonchev–Trinajstić information content (AvgIpc) is 3.16. The minimum atomic E-state index is -0.181. The number of amides is 2. The van der Waals surface area contributed by atoms with E-state index in [9.17, 15) is 9.59 Å². The molecule has 0 radical (unpaired) electrons. The molecule has 2 aliphatic heterocycles. The summed E-state index contributed by atoms with van der Waals surface area (Å²) in [5.74, 6) is 0.647. The Hall–Kier alpha value is -2.54. The first-order chi connectivity index (χ1) is 13.9. The van der Waals surface area contributed by atoms with Crippen LogP contribution in [0.5, 0.6) is 5.75 Å². The predicted molar refractivity (Wildman–Crippen MR) is 112 cm³/mol. The number of rotatable bonds is 4. The number of hydrogen-bond donors (Lipinski definition) is 2. The molecule has 1 aromatic heterocycles. The lowest BCUT2D eigenvalue weighted by Gasteiger charge is -2.41. The summed E-state index contributed by atoms with van der Waals surface area (Å²) < 4.78 is 8.02. The van der Waals surface area contributed by atoms with Crippen LogP contribution in [0.25, 0.3) is 10.9 Å². The molecule has 4 rings (SSSR count). The van der Waals surface area contributed by atoms with Crippen molar-refractivity contribution >= 4 is 22.7 Å². The highest BCUT2D eigenvalue weighted by Gasteiger charge is 2.48. The highest BCUT2D eigenvalue weighted by molar-refractivity contribution is 5.83. The maximum atomic E-state index is 13.1. The molecule has 2 fully saturated rings. The van der Waals surface area contributed by atoms with Gasteiger partial charge in [0.15, 0.2) is 6.61 Å². The number of carbonyl (C=O) groups excluding carboxylic acids is 2. The molecule has 0 aliphatic carbocycles. The Labute approximate surface area is 171 Å². The third-order valence-corrected chi connectivity index (χ3v) is 6.46. The normalized spacial score (nSPS) is 20.9. The number of likely N-dealkylation sites (tertiary alicyclic amines) is 1. The number of fused-ring (bicyclic) bond motifs is 1. The van der Waals surface area contributed by atoms with Crippen molar-refractivity contribution in [3.8, 4) is 5.75 Å². The topological polar surface area (TPSA) is 75.6 Å². The lowest BCUT2D eigenvalue weighted by molar-refractivity contribution is -0.138. The summed E-state index contributed by atoms with van der Waals surface area (Å²) in [7, 11) is 2.04. The zero-order valence-corrected chi connectivity index (χ0v) is 17.5. The second-order valence-corrected chi connectivity index (χ2v) is 8.43. The second-order valence-electron chi connectivity index (χ2n) is 8.43. The number of ether oxygens (including phenoxy) is 1. The quantitative estimate of drug-likeness (QED) is 0.822. The van der Waals surface area contributed by atoms with E-state index in [1.165, 1.54) is 12.6 Å². The van der Waals surface area contributed by atoms with Crippen LogP contribution in [-0.2, 0) is 16.6 Å². The average molecular weight is 399 g/mol. The van der Waals surface area contributed by atoms with Gasteiger partial charge in [-0.2, -0.15) is 0 Å².